The zero-order valence-corrected chi connectivity index (χ0v) is 13.6. The van der Waals surface area contributed by atoms with Crippen molar-refractivity contribution in [3.63, 3.8) is 0 Å². The van der Waals surface area contributed by atoms with Crippen LogP contribution in [0.25, 0.3) is 0 Å². The van der Waals surface area contributed by atoms with E-state index < -0.39 is 5.60 Å². The van der Waals surface area contributed by atoms with Gasteiger partial charge in [-0.1, -0.05) is 23.7 Å². The molecule has 1 saturated heterocycles. The number of hydrogen-bond acceptors (Lipinski definition) is 3. The van der Waals surface area contributed by atoms with Crippen molar-refractivity contribution in [2.75, 3.05) is 20.1 Å². The van der Waals surface area contributed by atoms with E-state index in [4.69, 9.17) is 11.6 Å². The highest BCUT2D eigenvalue weighted by Gasteiger charge is 2.42. The Morgan fingerprint density at radius 3 is 2.59 bits per heavy atom. The molecule has 1 atom stereocenters. The van der Waals surface area contributed by atoms with Gasteiger partial charge in [-0.3, -0.25) is 9.59 Å². The van der Waals surface area contributed by atoms with Gasteiger partial charge < -0.3 is 14.9 Å². The molecule has 0 saturated carbocycles. The lowest BCUT2D eigenvalue weighted by Gasteiger charge is -2.39. The smallest absolute Gasteiger partial charge is 0.256 e. The Labute approximate surface area is 135 Å². The molecular formula is C16H21ClN2O3. The van der Waals surface area contributed by atoms with Crippen molar-refractivity contribution in [1.29, 1.82) is 0 Å². The van der Waals surface area contributed by atoms with Crippen molar-refractivity contribution < 1.29 is 14.7 Å². The Kier molecular flexibility index (Phi) is 5.08. The van der Waals surface area contributed by atoms with Gasteiger partial charge in [-0.25, -0.2) is 0 Å². The number of carbonyl (C=O) groups excluding carboxylic acids is 2. The molecule has 5 nitrogen and oxygen atoms in total. The Hall–Kier alpha value is -1.59. The molecule has 0 aromatic heterocycles. The Morgan fingerprint density at radius 1 is 1.36 bits per heavy atom. The Balaban J connectivity index is 2.05. The highest BCUT2D eigenvalue weighted by molar-refractivity contribution is 6.30. The molecule has 2 amide bonds. The third-order valence-corrected chi connectivity index (χ3v) is 4.25. The molecule has 1 aliphatic heterocycles. The first-order chi connectivity index (χ1) is 10.3. The number of halogens is 1. The van der Waals surface area contributed by atoms with Crippen LogP contribution in [-0.2, 0) is 16.1 Å². The number of β-amino-alcohol motifs (C(OH)–C–C–N with tert-alkyl or cyclic N) is 1. The van der Waals surface area contributed by atoms with Crippen LogP contribution in [0, 0.1) is 0 Å². The molecule has 1 aromatic rings. The number of amides is 2. The molecule has 6 heteroatoms. The quantitative estimate of drug-likeness (QED) is 0.920. The Bertz CT molecular complexity index is 561. The number of likely N-dealkylation sites (tertiary alicyclic amines) is 1. The van der Waals surface area contributed by atoms with Gasteiger partial charge in [0.1, 0.15) is 0 Å². The van der Waals surface area contributed by atoms with Crippen molar-refractivity contribution in [3.8, 4) is 0 Å². The molecule has 1 aromatic carbocycles. The lowest BCUT2D eigenvalue weighted by atomic mass is 9.91. The zero-order chi connectivity index (χ0) is 16.3. The molecule has 120 valence electrons. The predicted molar refractivity (Wildman–Crippen MR) is 84.4 cm³/mol. The number of rotatable bonds is 3. The van der Waals surface area contributed by atoms with Gasteiger partial charge in [-0.15, -0.1) is 0 Å². The average Bonchev–Trinajstić information content (AvgIpc) is 2.48. The average molecular weight is 325 g/mol. The summed E-state index contributed by atoms with van der Waals surface area (Å²) in [6, 6.07) is 7.22. The third kappa shape index (κ3) is 3.78. The predicted octanol–water partition coefficient (Wildman–Crippen LogP) is 1.67. The molecule has 0 spiro atoms. The van der Waals surface area contributed by atoms with Crippen molar-refractivity contribution in [3.05, 3.63) is 34.9 Å². The number of carbonyl (C=O) groups is 2. The van der Waals surface area contributed by atoms with Gasteiger partial charge in [-0.05, 0) is 30.5 Å². The van der Waals surface area contributed by atoms with E-state index in [0.29, 0.717) is 31.0 Å². The van der Waals surface area contributed by atoms with Crippen molar-refractivity contribution in [2.45, 2.75) is 31.9 Å². The number of nitrogens with zero attached hydrogens (tertiary/aromatic N) is 2. The van der Waals surface area contributed by atoms with Crippen LogP contribution in [0.15, 0.2) is 24.3 Å². The first-order valence-electron chi connectivity index (χ1n) is 7.30. The maximum Gasteiger partial charge on any atom is 0.256 e. The molecule has 22 heavy (non-hydrogen) atoms. The standard InChI is InChI=1S/C16H21ClN2O3/c1-12(20)19-9-3-8-16(22,11-19)15(21)18(2)10-13-4-6-14(17)7-5-13/h4-7,22H,3,8-11H2,1-2H3/t16-/m1/s1. The summed E-state index contributed by atoms with van der Waals surface area (Å²) in [5.41, 5.74) is -0.562. The van der Waals surface area contributed by atoms with E-state index in [2.05, 4.69) is 0 Å². The molecule has 0 aliphatic carbocycles. The summed E-state index contributed by atoms with van der Waals surface area (Å²) in [5.74, 6) is -0.473. The first-order valence-corrected chi connectivity index (χ1v) is 7.67. The van der Waals surface area contributed by atoms with Crippen molar-refractivity contribution >= 4 is 23.4 Å². The SMILES string of the molecule is CC(=O)N1CCC[C@](O)(C(=O)N(C)Cc2ccc(Cl)cc2)C1. The minimum Gasteiger partial charge on any atom is -0.378 e. The van der Waals surface area contributed by atoms with Crippen LogP contribution in [0.5, 0.6) is 0 Å². The molecular weight excluding hydrogens is 304 g/mol. The Morgan fingerprint density at radius 2 is 2.00 bits per heavy atom. The van der Waals surface area contributed by atoms with Crippen LogP contribution < -0.4 is 0 Å². The molecule has 1 aliphatic rings. The summed E-state index contributed by atoms with van der Waals surface area (Å²) < 4.78 is 0. The zero-order valence-electron chi connectivity index (χ0n) is 12.9. The van der Waals surface area contributed by atoms with Crippen LogP contribution >= 0.6 is 11.6 Å². The fourth-order valence-electron chi connectivity index (χ4n) is 2.77. The molecule has 0 radical (unpaired) electrons. The second-order valence-corrected chi connectivity index (χ2v) is 6.30. The van der Waals surface area contributed by atoms with Gasteiger partial charge in [-0.2, -0.15) is 0 Å². The number of piperidine rings is 1. The van der Waals surface area contributed by atoms with Crippen LogP contribution in [0.3, 0.4) is 0 Å². The number of aliphatic hydroxyl groups is 1. The monoisotopic (exact) mass is 324 g/mol. The van der Waals surface area contributed by atoms with Crippen LogP contribution in [0.1, 0.15) is 25.3 Å². The summed E-state index contributed by atoms with van der Waals surface area (Å²) in [7, 11) is 1.65. The van der Waals surface area contributed by atoms with Gasteiger partial charge >= 0.3 is 0 Å². The van der Waals surface area contributed by atoms with Crippen LogP contribution in [0.2, 0.25) is 5.02 Å². The van der Waals surface area contributed by atoms with E-state index in [1.807, 2.05) is 12.1 Å². The first kappa shape index (κ1) is 16.8. The van der Waals surface area contributed by atoms with Gasteiger partial charge in [0.15, 0.2) is 5.60 Å². The summed E-state index contributed by atoms with van der Waals surface area (Å²) >= 11 is 5.84. The minimum atomic E-state index is -1.49. The normalized spacial score (nSPS) is 21.5. The van der Waals surface area contributed by atoms with E-state index in [9.17, 15) is 14.7 Å². The van der Waals surface area contributed by atoms with E-state index in [-0.39, 0.29) is 18.4 Å². The fraction of sp³-hybridized carbons (Fsp3) is 0.500. The molecule has 0 bridgehead atoms. The van der Waals surface area contributed by atoms with Crippen LogP contribution in [0.4, 0.5) is 0 Å². The van der Waals surface area contributed by atoms with Crippen LogP contribution in [-0.4, -0.2) is 52.5 Å². The molecule has 0 unspecified atom stereocenters. The summed E-state index contributed by atoms with van der Waals surface area (Å²) in [4.78, 5) is 27.1. The van der Waals surface area contributed by atoms with E-state index in [1.54, 1.807) is 19.2 Å². The summed E-state index contributed by atoms with van der Waals surface area (Å²) in [5, 5.41) is 11.3. The number of likely N-dealkylation sites (N-methyl/N-ethyl adjacent to an activating group) is 1. The summed E-state index contributed by atoms with van der Waals surface area (Å²) in [6.07, 6.45) is 0.997. The lowest BCUT2D eigenvalue weighted by molar-refractivity contribution is -0.159. The topological polar surface area (TPSA) is 60.9 Å². The van der Waals surface area contributed by atoms with E-state index in [1.165, 1.54) is 16.7 Å². The van der Waals surface area contributed by atoms with Gasteiger partial charge in [0.05, 0.1) is 6.54 Å². The molecule has 1 fully saturated rings. The molecule has 1 N–H and O–H groups in total. The minimum absolute atomic E-state index is 0.0616. The largest absolute Gasteiger partial charge is 0.378 e. The molecule has 2 rings (SSSR count). The molecule has 1 heterocycles. The number of hydrogen-bond donors (Lipinski definition) is 1. The van der Waals surface area contributed by atoms with Gasteiger partial charge in [0.25, 0.3) is 5.91 Å². The highest BCUT2D eigenvalue weighted by atomic mass is 35.5. The second kappa shape index (κ2) is 6.67. The fourth-order valence-corrected chi connectivity index (χ4v) is 2.90. The van der Waals surface area contributed by atoms with E-state index in [0.717, 1.165) is 5.56 Å². The maximum atomic E-state index is 12.6. The third-order valence-electron chi connectivity index (χ3n) is 3.99. The van der Waals surface area contributed by atoms with Gasteiger partial charge in [0.2, 0.25) is 5.91 Å². The van der Waals surface area contributed by atoms with Crippen molar-refractivity contribution in [2.24, 2.45) is 0 Å². The number of benzene rings is 1. The summed E-state index contributed by atoms with van der Waals surface area (Å²) in [6.45, 7) is 2.49. The lowest BCUT2D eigenvalue weighted by Crippen LogP contribution is -2.58. The van der Waals surface area contributed by atoms with Gasteiger partial charge in [0, 0.05) is 32.1 Å². The maximum absolute atomic E-state index is 12.6. The van der Waals surface area contributed by atoms with E-state index >= 15 is 0 Å². The second-order valence-electron chi connectivity index (χ2n) is 5.86. The van der Waals surface area contributed by atoms with Crippen molar-refractivity contribution in [1.82, 2.24) is 9.80 Å². The highest BCUT2D eigenvalue weighted by Crippen LogP contribution is 2.24.